The van der Waals surface area contributed by atoms with Crippen molar-refractivity contribution in [1.29, 1.82) is 0 Å². The predicted molar refractivity (Wildman–Crippen MR) is 106 cm³/mol. The number of benzene rings is 2. The molecule has 0 bridgehead atoms. The Hall–Kier alpha value is -2.63. The van der Waals surface area contributed by atoms with Gasteiger partial charge in [0.05, 0.1) is 20.3 Å². The Morgan fingerprint density at radius 1 is 1.11 bits per heavy atom. The van der Waals surface area contributed by atoms with Gasteiger partial charge in [-0.25, -0.2) is 0 Å². The third-order valence-electron chi connectivity index (χ3n) is 4.77. The Labute approximate surface area is 160 Å². The molecule has 1 aliphatic heterocycles. The van der Waals surface area contributed by atoms with E-state index in [0.29, 0.717) is 6.54 Å². The van der Waals surface area contributed by atoms with E-state index in [1.54, 1.807) is 19.3 Å². The molecule has 1 fully saturated rings. The third kappa shape index (κ3) is 5.67. The molecule has 0 aliphatic carbocycles. The number of nitrogens with one attached hydrogen (secondary N) is 2. The van der Waals surface area contributed by atoms with Crippen molar-refractivity contribution in [2.45, 2.75) is 13.1 Å². The van der Waals surface area contributed by atoms with Gasteiger partial charge in [0.1, 0.15) is 25.4 Å². The minimum Gasteiger partial charge on any atom is -0.496 e. The fourth-order valence-corrected chi connectivity index (χ4v) is 3.22. The smallest absolute Gasteiger partial charge is 0.244 e. The lowest BCUT2D eigenvalue weighted by molar-refractivity contribution is -0.921. The van der Waals surface area contributed by atoms with Gasteiger partial charge in [0.25, 0.3) is 0 Å². The number of quaternary nitrogens is 1. The average molecular weight is 367 g/mol. The lowest BCUT2D eigenvalue weighted by Crippen LogP contribution is -3.12. The number of methoxy groups -OCH3 is 1. The molecule has 5 nitrogen and oxygen atoms in total. The van der Waals surface area contributed by atoms with Gasteiger partial charge in [-0.15, -0.1) is 0 Å². The van der Waals surface area contributed by atoms with Crippen molar-refractivity contribution in [2.24, 2.45) is 0 Å². The van der Waals surface area contributed by atoms with E-state index in [-0.39, 0.29) is 5.91 Å². The zero-order valence-corrected chi connectivity index (χ0v) is 15.7. The van der Waals surface area contributed by atoms with Crippen LogP contribution in [-0.2, 0) is 22.6 Å². The van der Waals surface area contributed by atoms with Crippen LogP contribution in [0.4, 0.5) is 0 Å². The number of carbonyl (C=O) groups excluding carboxylic acids is 1. The van der Waals surface area contributed by atoms with Gasteiger partial charge in [-0.05, 0) is 17.7 Å². The number of amides is 1. The third-order valence-corrected chi connectivity index (χ3v) is 4.77. The molecule has 142 valence electrons. The van der Waals surface area contributed by atoms with E-state index < -0.39 is 0 Å². The minimum atomic E-state index is -0.116. The number of ether oxygens (including phenoxy) is 2. The molecule has 27 heavy (non-hydrogen) atoms. The van der Waals surface area contributed by atoms with Crippen molar-refractivity contribution in [1.82, 2.24) is 5.32 Å². The molecule has 1 saturated heterocycles. The normalized spacial score (nSPS) is 15.0. The van der Waals surface area contributed by atoms with E-state index in [2.05, 4.69) is 23.5 Å². The molecular weight excluding hydrogens is 340 g/mol. The summed E-state index contributed by atoms with van der Waals surface area (Å²) in [7, 11) is 1.63. The molecule has 2 aromatic rings. The number of carbonyl (C=O) groups is 1. The highest BCUT2D eigenvalue weighted by Gasteiger charge is 2.15. The lowest BCUT2D eigenvalue weighted by atomic mass is 10.1. The molecule has 1 amide bonds. The Kier molecular flexibility index (Phi) is 7.02. The molecule has 3 rings (SSSR count). The van der Waals surface area contributed by atoms with E-state index in [1.165, 1.54) is 10.5 Å². The summed E-state index contributed by atoms with van der Waals surface area (Å²) in [6.07, 6.45) is 3.33. The van der Waals surface area contributed by atoms with Crippen LogP contribution in [0.15, 0.2) is 54.6 Å². The number of rotatable bonds is 7. The van der Waals surface area contributed by atoms with Gasteiger partial charge in [0.15, 0.2) is 0 Å². The number of hydrogen-bond acceptors (Lipinski definition) is 3. The van der Waals surface area contributed by atoms with E-state index in [4.69, 9.17) is 9.47 Å². The largest absolute Gasteiger partial charge is 0.496 e. The predicted octanol–water partition coefficient (Wildman–Crippen LogP) is 1.44. The standard InChI is InChI=1S/C22H26N2O3/c1-26-21-9-5-4-6-18(21)10-11-22(25)23-16-19-7-2-3-8-20(19)17-24-12-14-27-15-13-24/h2-11H,12-17H2,1H3,(H,23,25)/p+1/b11-10+. The molecule has 0 spiro atoms. The zero-order valence-electron chi connectivity index (χ0n) is 15.7. The number of morpholine rings is 1. The molecule has 0 saturated carbocycles. The topological polar surface area (TPSA) is 52.0 Å². The highest BCUT2D eigenvalue weighted by atomic mass is 16.5. The van der Waals surface area contributed by atoms with Gasteiger partial charge in [0.2, 0.25) is 5.91 Å². The first-order chi connectivity index (χ1) is 13.3. The van der Waals surface area contributed by atoms with Gasteiger partial charge < -0.3 is 19.7 Å². The van der Waals surface area contributed by atoms with Crippen LogP contribution in [0.1, 0.15) is 16.7 Å². The van der Waals surface area contributed by atoms with Crippen LogP contribution in [0.2, 0.25) is 0 Å². The van der Waals surface area contributed by atoms with Crippen molar-refractivity contribution in [3.63, 3.8) is 0 Å². The summed E-state index contributed by atoms with van der Waals surface area (Å²) in [5, 5.41) is 2.98. The molecule has 2 aromatic carbocycles. The van der Waals surface area contributed by atoms with Crippen molar-refractivity contribution < 1.29 is 19.2 Å². The summed E-state index contributed by atoms with van der Waals surface area (Å²) in [4.78, 5) is 13.8. The number of hydrogen-bond donors (Lipinski definition) is 2. The molecular formula is C22H27N2O3+. The molecule has 0 unspecified atom stereocenters. The quantitative estimate of drug-likeness (QED) is 0.728. The summed E-state index contributed by atoms with van der Waals surface area (Å²) >= 11 is 0. The first kappa shape index (κ1) is 19.1. The Balaban J connectivity index is 1.58. The highest BCUT2D eigenvalue weighted by molar-refractivity contribution is 5.92. The van der Waals surface area contributed by atoms with Crippen LogP contribution < -0.4 is 15.0 Å². The van der Waals surface area contributed by atoms with Crippen LogP contribution in [0, 0.1) is 0 Å². The monoisotopic (exact) mass is 367 g/mol. The second-order valence-electron chi connectivity index (χ2n) is 6.60. The summed E-state index contributed by atoms with van der Waals surface area (Å²) in [6.45, 7) is 5.19. The molecule has 0 atom stereocenters. The maximum absolute atomic E-state index is 12.2. The summed E-state index contributed by atoms with van der Waals surface area (Å²) in [5.74, 6) is 0.634. The fourth-order valence-electron chi connectivity index (χ4n) is 3.22. The Bertz CT molecular complexity index is 783. The molecule has 0 aromatic heterocycles. The first-order valence-corrected chi connectivity index (χ1v) is 9.33. The maximum atomic E-state index is 12.2. The Morgan fingerprint density at radius 3 is 2.59 bits per heavy atom. The maximum Gasteiger partial charge on any atom is 0.244 e. The highest BCUT2D eigenvalue weighted by Crippen LogP contribution is 2.18. The van der Waals surface area contributed by atoms with E-state index in [9.17, 15) is 4.79 Å². The van der Waals surface area contributed by atoms with Crippen LogP contribution >= 0.6 is 0 Å². The molecule has 2 N–H and O–H groups in total. The molecule has 1 heterocycles. The molecule has 1 aliphatic rings. The van der Waals surface area contributed by atoms with E-state index in [0.717, 1.165) is 49.7 Å². The van der Waals surface area contributed by atoms with Crippen LogP contribution in [-0.4, -0.2) is 39.3 Å². The van der Waals surface area contributed by atoms with Crippen LogP contribution in [0.5, 0.6) is 5.75 Å². The molecule has 0 radical (unpaired) electrons. The lowest BCUT2D eigenvalue weighted by Gasteiger charge is -2.24. The van der Waals surface area contributed by atoms with Gasteiger partial charge in [0, 0.05) is 23.7 Å². The van der Waals surface area contributed by atoms with E-state index in [1.807, 2.05) is 30.3 Å². The molecule has 5 heteroatoms. The first-order valence-electron chi connectivity index (χ1n) is 9.33. The van der Waals surface area contributed by atoms with Gasteiger partial charge in [-0.2, -0.15) is 0 Å². The summed E-state index contributed by atoms with van der Waals surface area (Å²) in [5.41, 5.74) is 3.32. The summed E-state index contributed by atoms with van der Waals surface area (Å²) < 4.78 is 10.7. The Morgan fingerprint density at radius 2 is 1.81 bits per heavy atom. The minimum absolute atomic E-state index is 0.116. The second kappa shape index (κ2) is 9.90. The van der Waals surface area contributed by atoms with Gasteiger partial charge in [-0.3, -0.25) is 4.79 Å². The van der Waals surface area contributed by atoms with Gasteiger partial charge in [-0.1, -0.05) is 42.5 Å². The van der Waals surface area contributed by atoms with Crippen LogP contribution in [0.25, 0.3) is 6.08 Å². The van der Waals surface area contributed by atoms with Crippen LogP contribution in [0.3, 0.4) is 0 Å². The second-order valence-corrected chi connectivity index (χ2v) is 6.60. The van der Waals surface area contributed by atoms with Crippen molar-refractivity contribution >= 4 is 12.0 Å². The fraction of sp³-hybridized carbons (Fsp3) is 0.318. The average Bonchev–Trinajstić information content (AvgIpc) is 2.72. The zero-order chi connectivity index (χ0) is 18.9. The van der Waals surface area contributed by atoms with E-state index >= 15 is 0 Å². The summed E-state index contributed by atoms with van der Waals surface area (Å²) in [6, 6.07) is 15.9. The van der Waals surface area contributed by atoms with Gasteiger partial charge >= 0.3 is 0 Å². The number of para-hydroxylation sites is 1. The van der Waals surface area contributed by atoms with Crippen molar-refractivity contribution in [3.8, 4) is 5.75 Å². The van der Waals surface area contributed by atoms with Crippen molar-refractivity contribution in [3.05, 3.63) is 71.3 Å². The SMILES string of the molecule is COc1ccccc1/C=C/C(=O)NCc1ccccc1C[NH+]1CCOCC1. The van der Waals surface area contributed by atoms with Crippen molar-refractivity contribution in [2.75, 3.05) is 33.4 Å².